The fourth-order valence-corrected chi connectivity index (χ4v) is 2.13. The minimum Gasteiger partial charge on any atom is -0.469 e. The zero-order valence-electron chi connectivity index (χ0n) is 16.5. The van der Waals surface area contributed by atoms with Crippen molar-refractivity contribution in [3.05, 3.63) is 40.5 Å². The summed E-state index contributed by atoms with van der Waals surface area (Å²) >= 11 is 0. The minimum absolute atomic E-state index is 0.679. The molecule has 0 heterocycles. The van der Waals surface area contributed by atoms with Gasteiger partial charge in [0.2, 0.25) is 0 Å². The molecule has 31 heavy (non-hydrogen) atoms. The second-order valence-electron chi connectivity index (χ2n) is 5.96. The largest absolute Gasteiger partial charge is 0.481 e. The lowest BCUT2D eigenvalue weighted by atomic mass is 10.1. The van der Waals surface area contributed by atoms with Crippen LogP contribution in [0.1, 0.15) is 25.7 Å². The zero-order valence-corrected chi connectivity index (χ0v) is 16.5. The SMILES string of the molecule is COC(=O)CCC(COCOCC(CCC(=O)OC)([N+](=O)[O-])[N+](=O)[O-])([N+](=O)[O-])[N+](=O)[O-]. The van der Waals surface area contributed by atoms with Gasteiger partial charge in [0.1, 0.15) is 39.3 Å². The molecular formula is C13H20N4O14. The van der Waals surface area contributed by atoms with Gasteiger partial charge in [-0.25, -0.2) is 0 Å². The highest BCUT2D eigenvalue weighted by Gasteiger charge is 2.58. The van der Waals surface area contributed by atoms with Crippen LogP contribution < -0.4 is 0 Å². The molecule has 0 amide bonds. The van der Waals surface area contributed by atoms with Gasteiger partial charge in [-0.05, 0) is 0 Å². The smallest absolute Gasteiger partial charge is 0.469 e. The zero-order chi connectivity index (χ0) is 24.2. The number of nitrogens with zero attached hydrogens (tertiary/aromatic N) is 4. The average molecular weight is 456 g/mol. The number of hydrogen-bond donors (Lipinski definition) is 0. The van der Waals surface area contributed by atoms with Crippen molar-refractivity contribution in [3.63, 3.8) is 0 Å². The lowest BCUT2D eigenvalue weighted by molar-refractivity contribution is -0.802. The first-order valence-electron chi connectivity index (χ1n) is 8.26. The first kappa shape index (κ1) is 27.5. The van der Waals surface area contributed by atoms with Crippen LogP contribution in [-0.4, -0.2) is 77.2 Å². The summed E-state index contributed by atoms with van der Waals surface area (Å²) in [6, 6.07) is 0. The first-order chi connectivity index (χ1) is 14.4. The third-order valence-electron chi connectivity index (χ3n) is 4.11. The Morgan fingerprint density at radius 2 is 0.968 bits per heavy atom. The molecular weight excluding hydrogens is 436 g/mol. The van der Waals surface area contributed by atoms with Gasteiger partial charge in [0.05, 0.1) is 27.1 Å². The van der Waals surface area contributed by atoms with Crippen LogP contribution in [0.15, 0.2) is 0 Å². The van der Waals surface area contributed by atoms with Crippen molar-refractivity contribution in [1.29, 1.82) is 0 Å². The topological polar surface area (TPSA) is 244 Å². The number of nitro groups is 4. The maximum absolute atomic E-state index is 11.2. The van der Waals surface area contributed by atoms with E-state index in [9.17, 15) is 50.0 Å². The van der Waals surface area contributed by atoms with Crippen LogP contribution in [0.5, 0.6) is 0 Å². The van der Waals surface area contributed by atoms with E-state index in [4.69, 9.17) is 9.47 Å². The third kappa shape index (κ3) is 7.33. The van der Waals surface area contributed by atoms with Crippen LogP contribution in [0.3, 0.4) is 0 Å². The summed E-state index contributed by atoms with van der Waals surface area (Å²) in [6.07, 6.45) is -3.15. The van der Waals surface area contributed by atoms with Crippen LogP contribution in [-0.2, 0) is 28.5 Å². The van der Waals surface area contributed by atoms with E-state index < -0.39 is 88.6 Å². The van der Waals surface area contributed by atoms with Gasteiger partial charge in [0.15, 0.2) is 13.2 Å². The Balaban J connectivity index is 5.13. The quantitative estimate of drug-likeness (QED) is 0.0923. The van der Waals surface area contributed by atoms with Crippen LogP contribution in [0.25, 0.3) is 0 Å². The molecule has 0 aromatic carbocycles. The van der Waals surface area contributed by atoms with E-state index in [0.717, 1.165) is 14.2 Å². The number of carbonyl (C=O) groups is 2. The van der Waals surface area contributed by atoms with Crippen molar-refractivity contribution in [2.75, 3.05) is 34.2 Å². The number of ether oxygens (including phenoxy) is 4. The molecule has 0 radical (unpaired) electrons. The van der Waals surface area contributed by atoms with E-state index in [2.05, 4.69) is 9.47 Å². The Labute approximate surface area is 173 Å². The number of rotatable bonds is 16. The summed E-state index contributed by atoms with van der Waals surface area (Å²) in [5, 5.41) is 44.8. The van der Waals surface area contributed by atoms with E-state index >= 15 is 0 Å². The van der Waals surface area contributed by atoms with Crippen LogP contribution in [0.4, 0.5) is 0 Å². The molecule has 0 aliphatic rings. The highest BCUT2D eigenvalue weighted by Crippen LogP contribution is 2.21. The highest BCUT2D eigenvalue weighted by atomic mass is 16.7. The summed E-state index contributed by atoms with van der Waals surface area (Å²) in [4.78, 5) is 62.0. The van der Waals surface area contributed by atoms with E-state index in [1.807, 2.05) is 0 Å². The third-order valence-corrected chi connectivity index (χ3v) is 4.11. The van der Waals surface area contributed by atoms with Crippen LogP contribution in [0, 0.1) is 40.5 Å². The Morgan fingerprint density at radius 1 is 0.677 bits per heavy atom. The Kier molecular flexibility index (Phi) is 10.8. The van der Waals surface area contributed by atoms with Crippen molar-refractivity contribution in [2.45, 2.75) is 37.0 Å². The fraction of sp³-hybridized carbons (Fsp3) is 0.846. The van der Waals surface area contributed by atoms with Gasteiger partial charge < -0.3 is 18.9 Å². The molecule has 0 saturated heterocycles. The molecule has 0 atom stereocenters. The molecule has 0 aromatic heterocycles. The summed E-state index contributed by atoms with van der Waals surface area (Å²) in [5.74, 6) is -1.90. The molecule has 176 valence electrons. The monoisotopic (exact) mass is 456 g/mol. The lowest BCUT2D eigenvalue weighted by Gasteiger charge is -2.18. The summed E-state index contributed by atoms with van der Waals surface area (Å²) in [5.41, 5.74) is -5.91. The average Bonchev–Trinajstić information content (AvgIpc) is 2.70. The molecule has 0 saturated carbocycles. The van der Waals surface area contributed by atoms with Crippen LogP contribution in [0.2, 0.25) is 0 Å². The van der Waals surface area contributed by atoms with Gasteiger partial charge in [0, 0.05) is 0 Å². The number of hydrogen-bond acceptors (Lipinski definition) is 14. The Morgan fingerprint density at radius 3 is 1.19 bits per heavy atom. The lowest BCUT2D eigenvalue weighted by Crippen LogP contribution is -2.52. The molecule has 0 aliphatic heterocycles. The number of esters is 2. The normalized spacial score (nSPS) is 11.4. The predicted octanol–water partition coefficient (Wildman–Crippen LogP) is -0.617. The molecule has 0 aromatic rings. The second-order valence-corrected chi connectivity index (χ2v) is 5.96. The van der Waals surface area contributed by atoms with Crippen molar-refractivity contribution >= 4 is 11.9 Å². The second kappa shape index (κ2) is 12.2. The van der Waals surface area contributed by atoms with Gasteiger partial charge in [0.25, 0.3) is 0 Å². The van der Waals surface area contributed by atoms with Gasteiger partial charge in [-0.3, -0.25) is 50.0 Å². The predicted molar refractivity (Wildman–Crippen MR) is 92.7 cm³/mol. The number of methoxy groups -OCH3 is 2. The molecule has 0 unspecified atom stereocenters. The fourth-order valence-electron chi connectivity index (χ4n) is 2.13. The maximum Gasteiger partial charge on any atom is 0.481 e. The molecule has 18 nitrogen and oxygen atoms in total. The van der Waals surface area contributed by atoms with Crippen molar-refractivity contribution in [1.82, 2.24) is 0 Å². The van der Waals surface area contributed by atoms with E-state index in [1.54, 1.807) is 0 Å². The molecule has 18 heteroatoms. The molecule has 0 rings (SSSR count). The summed E-state index contributed by atoms with van der Waals surface area (Å²) in [6.45, 7) is -3.45. The standard InChI is InChI=1S/C13H20N4O14/c1-28-10(18)3-5-12(14(20)21,15(22)23)7-30-9-31-8-13(16(24)25,17(26)27)6-4-11(19)29-2/h3-9H2,1-2H3. The Bertz CT molecular complexity index is 624. The molecule has 0 N–H and O–H groups in total. The van der Waals surface area contributed by atoms with Crippen molar-refractivity contribution in [3.8, 4) is 0 Å². The molecule has 0 bridgehead atoms. The molecule has 0 spiro atoms. The van der Waals surface area contributed by atoms with Gasteiger partial charge in [-0.15, -0.1) is 0 Å². The van der Waals surface area contributed by atoms with Gasteiger partial charge in [-0.1, -0.05) is 0 Å². The summed E-state index contributed by atoms with van der Waals surface area (Å²) in [7, 11) is 1.95. The highest BCUT2D eigenvalue weighted by molar-refractivity contribution is 5.69. The van der Waals surface area contributed by atoms with Crippen molar-refractivity contribution < 1.29 is 48.2 Å². The number of carbonyl (C=O) groups excluding carboxylic acids is 2. The minimum atomic E-state index is -2.95. The molecule has 0 fully saturated rings. The maximum atomic E-state index is 11.2. The van der Waals surface area contributed by atoms with Crippen LogP contribution >= 0.6 is 0 Å². The molecule has 0 aliphatic carbocycles. The van der Waals surface area contributed by atoms with Gasteiger partial charge in [-0.2, -0.15) is 0 Å². The van der Waals surface area contributed by atoms with Crippen molar-refractivity contribution in [2.24, 2.45) is 0 Å². The van der Waals surface area contributed by atoms with E-state index in [0.29, 0.717) is 0 Å². The Hall–Kier alpha value is -3.54. The van der Waals surface area contributed by atoms with E-state index in [-0.39, 0.29) is 0 Å². The first-order valence-corrected chi connectivity index (χ1v) is 8.26. The summed E-state index contributed by atoms with van der Waals surface area (Å²) < 4.78 is 17.9. The van der Waals surface area contributed by atoms with Gasteiger partial charge >= 0.3 is 23.3 Å². The van der Waals surface area contributed by atoms with E-state index in [1.165, 1.54) is 0 Å².